The largest absolute Gasteiger partial charge is 0.465 e. The smallest absolute Gasteiger partial charge is 0.404 e. The fourth-order valence-corrected chi connectivity index (χ4v) is 2.91. The van der Waals surface area contributed by atoms with Gasteiger partial charge in [0.25, 0.3) is 0 Å². The molecule has 4 N–H and O–H groups in total. The van der Waals surface area contributed by atoms with Gasteiger partial charge in [0.15, 0.2) is 0 Å². The molecule has 1 amide bonds. The molecule has 2 rings (SSSR count). The quantitative estimate of drug-likeness (QED) is 0.695. The van der Waals surface area contributed by atoms with Crippen LogP contribution in [0, 0.1) is 0 Å². The van der Waals surface area contributed by atoms with E-state index in [0.29, 0.717) is 12.1 Å². The van der Waals surface area contributed by atoms with E-state index in [1.807, 2.05) is 0 Å². The molecule has 1 aliphatic heterocycles. The first-order valence-corrected chi connectivity index (χ1v) is 6.14. The van der Waals surface area contributed by atoms with Gasteiger partial charge in [-0.25, -0.2) is 4.79 Å². The van der Waals surface area contributed by atoms with E-state index in [9.17, 15) is 4.79 Å². The minimum atomic E-state index is -0.897. The van der Waals surface area contributed by atoms with Crippen LogP contribution in [0.4, 0.5) is 4.79 Å². The number of nitrogens with zero attached hydrogens (tertiary/aromatic N) is 1. The summed E-state index contributed by atoms with van der Waals surface area (Å²) >= 11 is 0. The summed E-state index contributed by atoms with van der Waals surface area (Å²) in [6, 6.07) is 1.13. The maximum absolute atomic E-state index is 10.5. The van der Waals surface area contributed by atoms with Gasteiger partial charge in [0.2, 0.25) is 0 Å². The molecule has 1 unspecified atom stereocenters. The molecule has 0 aromatic carbocycles. The van der Waals surface area contributed by atoms with Crippen LogP contribution in [-0.4, -0.2) is 47.3 Å². The Kier molecular flexibility index (Phi) is 5.49. The first-order valence-electron chi connectivity index (χ1n) is 6.14. The van der Waals surface area contributed by atoms with Crippen LogP contribution < -0.4 is 11.1 Å². The lowest BCUT2D eigenvalue weighted by Gasteiger charge is -2.34. The molecule has 0 aromatic rings. The molecule has 17 heavy (non-hydrogen) atoms. The molecule has 2 aliphatic rings. The van der Waals surface area contributed by atoms with Crippen LogP contribution in [0.5, 0.6) is 0 Å². The fourth-order valence-electron chi connectivity index (χ4n) is 2.91. The van der Waals surface area contributed by atoms with E-state index in [-0.39, 0.29) is 18.4 Å². The number of likely N-dealkylation sites (tertiary alicyclic amines) is 1. The summed E-state index contributed by atoms with van der Waals surface area (Å²) in [7, 11) is 0. The van der Waals surface area contributed by atoms with Gasteiger partial charge in [-0.15, -0.1) is 12.4 Å². The van der Waals surface area contributed by atoms with Crippen LogP contribution in [0.1, 0.15) is 32.1 Å². The second-order valence-corrected chi connectivity index (χ2v) is 5.00. The number of rotatable bonds is 2. The van der Waals surface area contributed by atoms with Crippen molar-refractivity contribution in [3.8, 4) is 0 Å². The molecule has 100 valence electrons. The monoisotopic (exact) mass is 263 g/mol. The highest BCUT2D eigenvalue weighted by Gasteiger charge is 2.30. The Morgan fingerprint density at radius 1 is 1.24 bits per heavy atom. The average molecular weight is 264 g/mol. The molecule has 1 saturated heterocycles. The van der Waals surface area contributed by atoms with Crippen LogP contribution in [0.15, 0.2) is 0 Å². The van der Waals surface area contributed by atoms with Gasteiger partial charge in [0.05, 0.1) is 0 Å². The number of hydrogen-bond acceptors (Lipinski definition) is 3. The van der Waals surface area contributed by atoms with E-state index < -0.39 is 6.09 Å². The van der Waals surface area contributed by atoms with Crippen molar-refractivity contribution >= 4 is 18.5 Å². The average Bonchev–Trinajstić information content (AvgIpc) is 2.65. The predicted octanol–water partition coefficient (Wildman–Crippen LogP) is 1.02. The zero-order valence-electron chi connectivity index (χ0n) is 9.97. The van der Waals surface area contributed by atoms with Gasteiger partial charge in [-0.1, -0.05) is 0 Å². The lowest BCUT2D eigenvalue weighted by molar-refractivity contribution is 0.159. The normalized spacial score (nSPS) is 34.1. The Morgan fingerprint density at radius 3 is 2.35 bits per heavy atom. The summed E-state index contributed by atoms with van der Waals surface area (Å²) in [5.41, 5.74) is 5.89. The van der Waals surface area contributed by atoms with Gasteiger partial charge in [0, 0.05) is 31.2 Å². The van der Waals surface area contributed by atoms with E-state index in [0.717, 1.165) is 45.2 Å². The maximum atomic E-state index is 10.5. The summed E-state index contributed by atoms with van der Waals surface area (Å²) in [5.74, 6) is 0. The Balaban J connectivity index is 0.00000144. The van der Waals surface area contributed by atoms with Crippen molar-refractivity contribution in [3.63, 3.8) is 0 Å². The number of nitrogens with one attached hydrogen (secondary N) is 1. The minimum Gasteiger partial charge on any atom is -0.465 e. The molecule has 0 radical (unpaired) electrons. The van der Waals surface area contributed by atoms with Crippen LogP contribution in [-0.2, 0) is 0 Å². The Hall–Kier alpha value is -0.520. The number of amides is 1. The van der Waals surface area contributed by atoms with Crippen LogP contribution in [0.25, 0.3) is 0 Å². The lowest BCUT2D eigenvalue weighted by Crippen LogP contribution is -2.43. The van der Waals surface area contributed by atoms with Crippen molar-refractivity contribution in [2.24, 2.45) is 5.73 Å². The summed E-state index contributed by atoms with van der Waals surface area (Å²) < 4.78 is 0. The van der Waals surface area contributed by atoms with Gasteiger partial charge in [-0.2, -0.15) is 0 Å². The molecule has 0 spiro atoms. The molecule has 1 aliphatic carbocycles. The minimum absolute atomic E-state index is 0. The van der Waals surface area contributed by atoms with Crippen LogP contribution in [0.3, 0.4) is 0 Å². The van der Waals surface area contributed by atoms with Crippen LogP contribution in [0.2, 0.25) is 0 Å². The van der Waals surface area contributed by atoms with E-state index in [2.05, 4.69) is 10.2 Å². The molecule has 0 aromatic heterocycles. The van der Waals surface area contributed by atoms with Gasteiger partial charge in [0.1, 0.15) is 0 Å². The second kappa shape index (κ2) is 6.42. The van der Waals surface area contributed by atoms with Crippen molar-refractivity contribution in [3.05, 3.63) is 0 Å². The first kappa shape index (κ1) is 14.5. The van der Waals surface area contributed by atoms with Crippen LogP contribution >= 0.6 is 12.4 Å². The number of hydrogen-bond donors (Lipinski definition) is 3. The number of carbonyl (C=O) groups is 1. The maximum Gasteiger partial charge on any atom is 0.404 e. The molecule has 1 atom stereocenters. The zero-order valence-corrected chi connectivity index (χ0v) is 10.8. The third kappa shape index (κ3) is 4.01. The standard InChI is InChI=1S/C11H21N3O2.ClH/c12-8-5-6-14(7-8)10-3-1-9(2-4-10)13-11(15)16;/h8-10,13H,1-7,12H2,(H,15,16);1H. The fraction of sp³-hybridized carbons (Fsp3) is 0.909. The van der Waals surface area contributed by atoms with Gasteiger partial charge in [-0.05, 0) is 32.1 Å². The first-order chi connectivity index (χ1) is 7.65. The van der Waals surface area contributed by atoms with Crippen molar-refractivity contribution < 1.29 is 9.90 Å². The van der Waals surface area contributed by atoms with E-state index in [4.69, 9.17) is 10.8 Å². The van der Waals surface area contributed by atoms with Crippen molar-refractivity contribution in [2.45, 2.75) is 50.2 Å². The Labute approximate surface area is 108 Å². The summed E-state index contributed by atoms with van der Waals surface area (Å²) in [4.78, 5) is 13.0. The SMILES string of the molecule is Cl.NC1CCN(C2CCC(NC(=O)O)CC2)C1. The summed E-state index contributed by atoms with van der Waals surface area (Å²) in [5, 5.41) is 11.2. The van der Waals surface area contributed by atoms with E-state index in [1.54, 1.807) is 0 Å². The lowest BCUT2D eigenvalue weighted by atomic mass is 9.90. The Morgan fingerprint density at radius 2 is 1.88 bits per heavy atom. The molecule has 1 heterocycles. The topological polar surface area (TPSA) is 78.6 Å². The van der Waals surface area contributed by atoms with Gasteiger partial charge >= 0.3 is 6.09 Å². The number of nitrogens with two attached hydrogens (primary N) is 1. The molecule has 1 saturated carbocycles. The highest BCUT2D eigenvalue weighted by atomic mass is 35.5. The van der Waals surface area contributed by atoms with E-state index >= 15 is 0 Å². The molecule has 2 fully saturated rings. The third-order valence-electron chi connectivity index (χ3n) is 3.80. The van der Waals surface area contributed by atoms with Gasteiger partial charge in [-0.3, -0.25) is 4.90 Å². The predicted molar refractivity (Wildman–Crippen MR) is 68.6 cm³/mol. The highest BCUT2D eigenvalue weighted by Crippen LogP contribution is 2.25. The third-order valence-corrected chi connectivity index (χ3v) is 3.80. The molecule has 5 nitrogen and oxygen atoms in total. The zero-order chi connectivity index (χ0) is 11.5. The second-order valence-electron chi connectivity index (χ2n) is 5.00. The molecular formula is C11H22ClN3O2. The van der Waals surface area contributed by atoms with Gasteiger partial charge < -0.3 is 16.2 Å². The van der Waals surface area contributed by atoms with Crippen molar-refractivity contribution in [2.75, 3.05) is 13.1 Å². The summed E-state index contributed by atoms with van der Waals surface area (Å²) in [6.45, 7) is 2.13. The number of carboxylic acid groups (broad SMARTS) is 1. The molecule has 0 bridgehead atoms. The van der Waals surface area contributed by atoms with Crippen molar-refractivity contribution in [1.29, 1.82) is 0 Å². The summed E-state index contributed by atoms with van der Waals surface area (Å²) in [6.07, 6.45) is 4.32. The number of halogens is 1. The highest BCUT2D eigenvalue weighted by molar-refractivity contribution is 5.85. The molecular weight excluding hydrogens is 242 g/mol. The Bertz CT molecular complexity index is 257. The molecule has 6 heteroatoms. The van der Waals surface area contributed by atoms with E-state index in [1.165, 1.54) is 0 Å². The van der Waals surface area contributed by atoms with Crippen molar-refractivity contribution in [1.82, 2.24) is 10.2 Å².